The van der Waals surface area contributed by atoms with Gasteiger partial charge < -0.3 is 5.11 Å². The number of hydrogen-bond donors (Lipinski definition) is 1. The first-order valence-corrected chi connectivity index (χ1v) is 5.28. The molecule has 0 amide bonds. The Labute approximate surface area is 103 Å². The third-order valence-electron chi connectivity index (χ3n) is 2.62. The van der Waals surface area contributed by atoms with Crippen LogP contribution in [0.2, 0.25) is 0 Å². The smallest absolute Gasteiger partial charge is 0.336 e. The number of hydrogen-bond acceptors (Lipinski definition) is 1. The number of carboxylic acid groups (broad SMARTS) is 1. The molecule has 92 valence electrons. The Morgan fingerprint density at radius 1 is 1.06 bits per heavy atom. The largest absolute Gasteiger partial charge is 0.478 e. The number of carboxylic acids is 1. The summed E-state index contributed by atoms with van der Waals surface area (Å²) in [6.07, 6.45) is 0. The van der Waals surface area contributed by atoms with Crippen molar-refractivity contribution in [2.24, 2.45) is 0 Å². The molecule has 0 atom stereocenters. The van der Waals surface area contributed by atoms with Crippen molar-refractivity contribution in [3.05, 3.63) is 59.2 Å². The summed E-state index contributed by atoms with van der Waals surface area (Å²) >= 11 is 0. The van der Waals surface area contributed by atoms with Crippen molar-refractivity contribution in [2.45, 2.75) is 6.92 Å². The maximum atomic E-state index is 13.7. The van der Waals surface area contributed by atoms with Crippen LogP contribution in [0.1, 0.15) is 15.9 Å². The van der Waals surface area contributed by atoms with Gasteiger partial charge in [0, 0.05) is 5.56 Å². The molecule has 0 unspecified atom stereocenters. The third-order valence-corrected chi connectivity index (χ3v) is 2.62. The summed E-state index contributed by atoms with van der Waals surface area (Å²) in [4.78, 5) is 11.1. The molecule has 0 aliphatic carbocycles. The van der Waals surface area contributed by atoms with Crippen LogP contribution in [-0.4, -0.2) is 11.1 Å². The highest BCUT2D eigenvalue weighted by molar-refractivity contribution is 5.96. The fourth-order valence-electron chi connectivity index (χ4n) is 1.77. The Balaban J connectivity index is 2.70. The van der Waals surface area contributed by atoms with Crippen LogP contribution >= 0.6 is 0 Å². The lowest BCUT2D eigenvalue weighted by atomic mass is 9.97. The molecule has 18 heavy (non-hydrogen) atoms. The monoisotopic (exact) mass is 248 g/mol. The Morgan fingerprint density at radius 3 is 2.44 bits per heavy atom. The van der Waals surface area contributed by atoms with Gasteiger partial charge in [0.2, 0.25) is 0 Å². The predicted octanol–water partition coefficient (Wildman–Crippen LogP) is 3.64. The van der Waals surface area contributed by atoms with E-state index in [0.29, 0.717) is 0 Å². The molecule has 0 saturated carbocycles. The van der Waals surface area contributed by atoms with Crippen LogP contribution in [0.25, 0.3) is 11.1 Å². The van der Waals surface area contributed by atoms with Gasteiger partial charge in [0.15, 0.2) is 0 Å². The van der Waals surface area contributed by atoms with Crippen LogP contribution < -0.4 is 0 Å². The molecule has 2 aromatic rings. The maximum Gasteiger partial charge on any atom is 0.336 e. The van der Waals surface area contributed by atoms with E-state index in [2.05, 4.69) is 0 Å². The van der Waals surface area contributed by atoms with Crippen LogP contribution in [0, 0.1) is 18.6 Å². The van der Waals surface area contributed by atoms with Crippen molar-refractivity contribution < 1.29 is 18.7 Å². The molecule has 0 aliphatic heterocycles. The van der Waals surface area contributed by atoms with Crippen molar-refractivity contribution in [2.75, 3.05) is 0 Å². The van der Waals surface area contributed by atoms with E-state index in [1.807, 2.05) is 0 Å². The van der Waals surface area contributed by atoms with E-state index < -0.39 is 17.6 Å². The van der Waals surface area contributed by atoms with Gasteiger partial charge in [-0.05, 0) is 36.8 Å². The quantitative estimate of drug-likeness (QED) is 0.880. The first-order chi connectivity index (χ1) is 8.49. The van der Waals surface area contributed by atoms with Crippen molar-refractivity contribution in [3.8, 4) is 11.1 Å². The van der Waals surface area contributed by atoms with Crippen LogP contribution in [0.5, 0.6) is 0 Å². The number of aromatic carboxylic acids is 1. The molecule has 0 heterocycles. The molecule has 2 nitrogen and oxygen atoms in total. The molecule has 0 saturated heterocycles. The Morgan fingerprint density at radius 2 is 1.78 bits per heavy atom. The van der Waals surface area contributed by atoms with Gasteiger partial charge in [-0.3, -0.25) is 0 Å². The third kappa shape index (κ3) is 2.22. The zero-order chi connectivity index (χ0) is 13.3. The molecule has 2 aromatic carbocycles. The zero-order valence-electron chi connectivity index (χ0n) is 9.58. The Hall–Kier alpha value is -2.23. The molecular weight excluding hydrogens is 238 g/mol. The average Bonchev–Trinajstić information content (AvgIpc) is 2.32. The van der Waals surface area contributed by atoms with Gasteiger partial charge in [-0.2, -0.15) is 0 Å². The summed E-state index contributed by atoms with van der Waals surface area (Å²) in [5, 5.41) is 9.02. The van der Waals surface area contributed by atoms with Gasteiger partial charge in [-0.15, -0.1) is 0 Å². The van der Waals surface area contributed by atoms with Crippen molar-refractivity contribution in [1.29, 1.82) is 0 Å². The van der Waals surface area contributed by atoms with Gasteiger partial charge in [0.1, 0.15) is 11.6 Å². The van der Waals surface area contributed by atoms with Crippen LogP contribution in [-0.2, 0) is 0 Å². The summed E-state index contributed by atoms with van der Waals surface area (Å²) in [5.41, 5.74) is 0.879. The topological polar surface area (TPSA) is 37.3 Å². The van der Waals surface area contributed by atoms with Crippen LogP contribution in [0.15, 0.2) is 36.4 Å². The second kappa shape index (κ2) is 4.56. The Bertz CT molecular complexity index is 621. The fourth-order valence-corrected chi connectivity index (χ4v) is 1.77. The first-order valence-electron chi connectivity index (χ1n) is 5.28. The zero-order valence-corrected chi connectivity index (χ0v) is 9.58. The maximum absolute atomic E-state index is 13.7. The lowest BCUT2D eigenvalue weighted by Gasteiger charge is -2.08. The molecule has 0 bridgehead atoms. The molecule has 0 radical (unpaired) electrons. The second-order valence-corrected chi connectivity index (χ2v) is 3.98. The summed E-state index contributed by atoms with van der Waals surface area (Å²) < 4.78 is 26.8. The molecule has 0 spiro atoms. The van der Waals surface area contributed by atoms with Gasteiger partial charge >= 0.3 is 5.97 Å². The van der Waals surface area contributed by atoms with E-state index in [1.54, 1.807) is 13.0 Å². The minimum absolute atomic E-state index is 0.160. The number of halogens is 2. The average molecular weight is 248 g/mol. The van der Waals surface area contributed by atoms with Crippen molar-refractivity contribution in [3.63, 3.8) is 0 Å². The lowest BCUT2D eigenvalue weighted by molar-refractivity contribution is 0.0697. The van der Waals surface area contributed by atoms with E-state index in [1.165, 1.54) is 18.2 Å². The fraction of sp³-hybridized carbons (Fsp3) is 0.0714. The van der Waals surface area contributed by atoms with Crippen molar-refractivity contribution in [1.82, 2.24) is 0 Å². The summed E-state index contributed by atoms with van der Waals surface area (Å²) in [7, 11) is 0. The highest BCUT2D eigenvalue weighted by atomic mass is 19.1. The second-order valence-electron chi connectivity index (χ2n) is 3.98. The minimum Gasteiger partial charge on any atom is -0.478 e. The summed E-state index contributed by atoms with van der Waals surface area (Å²) in [6, 6.07) is 7.66. The Kier molecular flexibility index (Phi) is 3.10. The first kappa shape index (κ1) is 12.2. The highest BCUT2D eigenvalue weighted by Crippen LogP contribution is 2.28. The number of benzene rings is 2. The number of aryl methyl sites for hydroxylation is 1. The number of rotatable bonds is 2. The van der Waals surface area contributed by atoms with E-state index in [-0.39, 0.29) is 16.7 Å². The van der Waals surface area contributed by atoms with E-state index in [0.717, 1.165) is 17.7 Å². The normalized spacial score (nSPS) is 10.4. The summed E-state index contributed by atoms with van der Waals surface area (Å²) in [5.74, 6) is -2.48. The standard InChI is InChI=1S/C14H10F2O2/c1-8-2-5-13(16)11(6-8)10-4-3-9(15)7-12(10)14(17)18/h2-7H,1H3,(H,17,18). The SMILES string of the molecule is Cc1ccc(F)c(-c2ccc(F)cc2C(=O)O)c1. The molecule has 2 rings (SSSR count). The molecule has 0 aliphatic rings. The van der Waals surface area contributed by atoms with Crippen LogP contribution in [0.4, 0.5) is 8.78 Å². The van der Waals surface area contributed by atoms with Gasteiger partial charge in [0.05, 0.1) is 5.56 Å². The predicted molar refractivity (Wildman–Crippen MR) is 63.5 cm³/mol. The molecule has 1 N–H and O–H groups in total. The molecule has 4 heteroatoms. The van der Waals surface area contributed by atoms with Gasteiger partial charge in [-0.25, -0.2) is 13.6 Å². The van der Waals surface area contributed by atoms with Crippen molar-refractivity contribution >= 4 is 5.97 Å². The van der Waals surface area contributed by atoms with E-state index in [9.17, 15) is 13.6 Å². The van der Waals surface area contributed by atoms with E-state index in [4.69, 9.17) is 5.11 Å². The van der Waals surface area contributed by atoms with Gasteiger partial charge in [-0.1, -0.05) is 17.7 Å². The minimum atomic E-state index is -1.29. The highest BCUT2D eigenvalue weighted by Gasteiger charge is 2.15. The molecular formula is C14H10F2O2. The van der Waals surface area contributed by atoms with Crippen LogP contribution in [0.3, 0.4) is 0 Å². The van der Waals surface area contributed by atoms with E-state index >= 15 is 0 Å². The van der Waals surface area contributed by atoms with Gasteiger partial charge in [0.25, 0.3) is 0 Å². The molecule has 0 fully saturated rings. The molecule has 0 aromatic heterocycles. The summed E-state index contributed by atoms with van der Waals surface area (Å²) in [6.45, 7) is 1.77. The number of carbonyl (C=O) groups is 1. The lowest BCUT2D eigenvalue weighted by Crippen LogP contribution is -2.01.